The largest absolute Gasteiger partial charge is 0.386 e. The molecule has 3 atom stereocenters. The first-order chi connectivity index (χ1) is 12.3. The van der Waals surface area contributed by atoms with Crippen molar-refractivity contribution in [2.45, 2.75) is 31.5 Å². The van der Waals surface area contributed by atoms with Crippen molar-refractivity contribution in [2.75, 3.05) is 13.2 Å². The zero-order valence-corrected chi connectivity index (χ0v) is 14.2. The Bertz CT molecular complexity index is 641. The smallest absolute Gasteiger partial charge is 0.116 e. The summed E-state index contributed by atoms with van der Waals surface area (Å²) in [7, 11) is 0. The van der Waals surface area contributed by atoms with Crippen LogP contribution in [0.3, 0.4) is 0 Å². The standard InChI is InChI=1S/C21H24O4/c22-19(12-7-13-23-14-17-8-3-1-4-9-17)21-20(25-21)16-24-15-18-10-5-2-6-11-18/h1-12,19-22H,13-16H2/b12-7+/t19-,20+,21+/m0/s1. The highest BCUT2D eigenvalue weighted by atomic mass is 16.6. The predicted octanol–water partition coefficient (Wildman–Crippen LogP) is 3.10. The topological polar surface area (TPSA) is 51.2 Å². The van der Waals surface area contributed by atoms with Crippen molar-refractivity contribution in [2.24, 2.45) is 0 Å². The van der Waals surface area contributed by atoms with E-state index in [1.165, 1.54) is 0 Å². The van der Waals surface area contributed by atoms with E-state index in [4.69, 9.17) is 14.2 Å². The van der Waals surface area contributed by atoms with Gasteiger partial charge in [-0.25, -0.2) is 0 Å². The quantitative estimate of drug-likeness (QED) is 0.410. The van der Waals surface area contributed by atoms with E-state index in [0.717, 1.165) is 11.1 Å². The summed E-state index contributed by atoms with van der Waals surface area (Å²) in [6, 6.07) is 20.0. The van der Waals surface area contributed by atoms with Crippen molar-refractivity contribution < 1.29 is 19.3 Å². The Hall–Kier alpha value is -1.98. The van der Waals surface area contributed by atoms with E-state index in [2.05, 4.69) is 0 Å². The van der Waals surface area contributed by atoms with Crippen LogP contribution in [0.2, 0.25) is 0 Å². The number of benzene rings is 2. The highest BCUT2D eigenvalue weighted by Crippen LogP contribution is 2.26. The molecule has 0 amide bonds. The number of aliphatic hydroxyl groups excluding tert-OH is 1. The maximum atomic E-state index is 10.1. The van der Waals surface area contributed by atoms with E-state index in [0.29, 0.717) is 26.4 Å². The lowest BCUT2D eigenvalue weighted by molar-refractivity contribution is 0.104. The minimum Gasteiger partial charge on any atom is -0.386 e. The molecule has 1 fully saturated rings. The molecule has 2 aromatic rings. The number of aliphatic hydroxyl groups is 1. The van der Waals surface area contributed by atoms with Gasteiger partial charge in [0.05, 0.1) is 26.4 Å². The minimum atomic E-state index is -0.620. The zero-order valence-electron chi connectivity index (χ0n) is 14.2. The average Bonchev–Trinajstić information content (AvgIpc) is 3.43. The molecule has 0 aromatic heterocycles. The minimum absolute atomic E-state index is 0.0337. The van der Waals surface area contributed by atoms with Gasteiger partial charge in [0.25, 0.3) is 0 Å². The second kappa shape index (κ2) is 9.49. The molecule has 4 heteroatoms. The third kappa shape index (κ3) is 6.11. The van der Waals surface area contributed by atoms with E-state index < -0.39 is 6.10 Å². The van der Waals surface area contributed by atoms with Crippen LogP contribution in [0.5, 0.6) is 0 Å². The van der Waals surface area contributed by atoms with Gasteiger partial charge in [-0.05, 0) is 11.1 Å². The molecule has 1 aliphatic rings. The van der Waals surface area contributed by atoms with Crippen LogP contribution in [-0.4, -0.2) is 36.6 Å². The first kappa shape index (κ1) is 17.8. The fraction of sp³-hybridized carbons (Fsp3) is 0.333. The third-order valence-corrected chi connectivity index (χ3v) is 4.01. The van der Waals surface area contributed by atoms with E-state index in [-0.39, 0.29) is 12.2 Å². The normalized spacial score (nSPS) is 20.7. The van der Waals surface area contributed by atoms with Gasteiger partial charge in [-0.1, -0.05) is 72.8 Å². The Kier molecular flexibility index (Phi) is 6.77. The van der Waals surface area contributed by atoms with E-state index in [9.17, 15) is 5.11 Å². The molecule has 2 aromatic carbocycles. The maximum Gasteiger partial charge on any atom is 0.116 e. The van der Waals surface area contributed by atoms with Gasteiger partial charge in [0.15, 0.2) is 0 Å². The van der Waals surface area contributed by atoms with Crippen molar-refractivity contribution in [1.82, 2.24) is 0 Å². The highest BCUT2D eigenvalue weighted by Gasteiger charge is 2.43. The molecule has 0 aliphatic carbocycles. The van der Waals surface area contributed by atoms with Crippen LogP contribution in [0.15, 0.2) is 72.8 Å². The second-order valence-corrected chi connectivity index (χ2v) is 6.06. The van der Waals surface area contributed by atoms with Crippen molar-refractivity contribution in [1.29, 1.82) is 0 Å². The molecule has 1 N–H and O–H groups in total. The van der Waals surface area contributed by atoms with Crippen LogP contribution in [0.4, 0.5) is 0 Å². The molecule has 0 radical (unpaired) electrons. The molecular formula is C21H24O4. The second-order valence-electron chi connectivity index (χ2n) is 6.06. The van der Waals surface area contributed by atoms with Gasteiger partial charge in [-0.15, -0.1) is 0 Å². The molecule has 1 heterocycles. The molecule has 0 spiro atoms. The average molecular weight is 340 g/mol. The summed E-state index contributed by atoms with van der Waals surface area (Å²) < 4.78 is 16.7. The zero-order chi connectivity index (χ0) is 17.3. The van der Waals surface area contributed by atoms with Crippen LogP contribution in [0.25, 0.3) is 0 Å². The molecule has 3 rings (SSSR count). The molecule has 132 valence electrons. The number of epoxide rings is 1. The Morgan fingerprint density at radius 1 is 0.920 bits per heavy atom. The molecule has 1 aliphatic heterocycles. The van der Waals surface area contributed by atoms with E-state index >= 15 is 0 Å². The number of rotatable bonds is 10. The highest BCUT2D eigenvalue weighted by molar-refractivity contribution is 5.14. The molecule has 0 unspecified atom stereocenters. The fourth-order valence-electron chi connectivity index (χ4n) is 2.58. The van der Waals surface area contributed by atoms with Crippen molar-refractivity contribution in [3.05, 3.63) is 83.9 Å². The van der Waals surface area contributed by atoms with Crippen molar-refractivity contribution >= 4 is 0 Å². The first-order valence-corrected chi connectivity index (χ1v) is 8.56. The number of ether oxygens (including phenoxy) is 3. The van der Waals surface area contributed by atoms with Gasteiger partial charge in [-0.2, -0.15) is 0 Å². The lowest BCUT2D eigenvalue weighted by Crippen LogP contribution is -2.16. The fourth-order valence-corrected chi connectivity index (χ4v) is 2.58. The lowest BCUT2D eigenvalue weighted by Gasteiger charge is -2.04. The van der Waals surface area contributed by atoms with Gasteiger partial charge in [0.1, 0.15) is 18.3 Å². The van der Waals surface area contributed by atoms with E-state index in [1.807, 2.05) is 66.7 Å². The Labute approximate surface area is 148 Å². The monoisotopic (exact) mass is 340 g/mol. The summed E-state index contributed by atoms with van der Waals surface area (Å²) in [5.74, 6) is 0. The first-order valence-electron chi connectivity index (χ1n) is 8.56. The van der Waals surface area contributed by atoms with Gasteiger partial charge in [-0.3, -0.25) is 0 Å². The summed E-state index contributed by atoms with van der Waals surface area (Å²) in [4.78, 5) is 0. The summed E-state index contributed by atoms with van der Waals surface area (Å²) in [5, 5.41) is 10.1. The lowest BCUT2D eigenvalue weighted by atomic mass is 10.2. The van der Waals surface area contributed by atoms with Gasteiger partial charge in [0, 0.05) is 0 Å². The SMILES string of the molecule is O[C@@H](/C=C/COCc1ccccc1)[C@H]1O[C@@H]1COCc1ccccc1. The van der Waals surface area contributed by atoms with Crippen LogP contribution in [0.1, 0.15) is 11.1 Å². The Morgan fingerprint density at radius 2 is 1.52 bits per heavy atom. The summed E-state index contributed by atoms with van der Waals surface area (Å²) >= 11 is 0. The summed E-state index contributed by atoms with van der Waals surface area (Å²) in [6.45, 7) is 2.09. The third-order valence-electron chi connectivity index (χ3n) is 4.01. The van der Waals surface area contributed by atoms with Crippen LogP contribution < -0.4 is 0 Å². The Morgan fingerprint density at radius 3 is 2.16 bits per heavy atom. The number of hydrogen-bond acceptors (Lipinski definition) is 4. The maximum absolute atomic E-state index is 10.1. The Balaban J connectivity index is 1.27. The van der Waals surface area contributed by atoms with Crippen LogP contribution in [-0.2, 0) is 27.4 Å². The van der Waals surface area contributed by atoms with Crippen molar-refractivity contribution in [3.63, 3.8) is 0 Å². The molecule has 1 saturated heterocycles. The van der Waals surface area contributed by atoms with Gasteiger partial charge >= 0.3 is 0 Å². The van der Waals surface area contributed by atoms with E-state index in [1.54, 1.807) is 6.08 Å². The van der Waals surface area contributed by atoms with Gasteiger partial charge < -0.3 is 19.3 Å². The molecule has 4 nitrogen and oxygen atoms in total. The number of hydrogen-bond donors (Lipinski definition) is 1. The van der Waals surface area contributed by atoms with Gasteiger partial charge in [0.2, 0.25) is 0 Å². The molecule has 0 bridgehead atoms. The summed E-state index contributed by atoms with van der Waals surface area (Å²) in [6.07, 6.45) is 2.73. The molecule has 0 saturated carbocycles. The predicted molar refractivity (Wildman–Crippen MR) is 96.0 cm³/mol. The van der Waals surface area contributed by atoms with Crippen LogP contribution in [0, 0.1) is 0 Å². The van der Waals surface area contributed by atoms with Crippen molar-refractivity contribution in [3.8, 4) is 0 Å². The molecule has 25 heavy (non-hydrogen) atoms. The molecular weight excluding hydrogens is 316 g/mol. The van der Waals surface area contributed by atoms with Crippen LogP contribution >= 0.6 is 0 Å². The summed E-state index contributed by atoms with van der Waals surface area (Å²) in [5.41, 5.74) is 2.27.